The second-order valence-corrected chi connectivity index (χ2v) is 11.1. The lowest BCUT2D eigenvalue weighted by Gasteiger charge is -2.26. The molecule has 1 atom stereocenters. The molecule has 0 bridgehead atoms. The Morgan fingerprint density at radius 1 is 1.23 bits per heavy atom. The van der Waals surface area contributed by atoms with Crippen LogP contribution >= 0.6 is 0 Å². The monoisotopic (exact) mass is 441 g/mol. The van der Waals surface area contributed by atoms with E-state index in [1.165, 1.54) is 6.26 Å². The Bertz CT molecular complexity index is 1150. The highest BCUT2D eigenvalue weighted by molar-refractivity contribution is 7.90. The third-order valence-electron chi connectivity index (χ3n) is 5.78. The normalized spacial score (nSPS) is 17.0. The molecule has 7 heteroatoms. The molecule has 1 fully saturated rings. The number of pyridine rings is 1. The van der Waals surface area contributed by atoms with E-state index in [0.717, 1.165) is 59.5 Å². The first-order valence-corrected chi connectivity index (χ1v) is 13.0. The van der Waals surface area contributed by atoms with Crippen LogP contribution in [-0.2, 0) is 9.84 Å². The summed E-state index contributed by atoms with van der Waals surface area (Å²) in [7, 11) is -3.02. The zero-order valence-corrected chi connectivity index (χ0v) is 19.3. The number of anilines is 1. The van der Waals surface area contributed by atoms with Crippen molar-refractivity contribution in [1.29, 1.82) is 0 Å². The molecule has 166 valence electrons. The molecule has 1 saturated heterocycles. The molecule has 2 aromatic heterocycles. The summed E-state index contributed by atoms with van der Waals surface area (Å²) < 4.78 is 29.5. The van der Waals surface area contributed by atoms with Gasteiger partial charge in [-0.15, -0.1) is 0 Å². The van der Waals surface area contributed by atoms with Gasteiger partial charge in [0.05, 0.1) is 23.7 Å². The zero-order valence-electron chi connectivity index (χ0n) is 18.5. The fourth-order valence-corrected chi connectivity index (χ4v) is 5.24. The number of sulfone groups is 1. The molecule has 0 spiro atoms. The van der Waals surface area contributed by atoms with Crippen molar-refractivity contribution in [3.8, 4) is 17.1 Å². The molecule has 6 nitrogen and oxygen atoms in total. The van der Waals surface area contributed by atoms with Crippen molar-refractivity contribution in [2.24, 2.45) is 5.92 Å². The Kier molecular flexibility index (Phi) is 6.23. The number of fused-ring (bicyclic) bond motifs is 1. The van der Waals surface area contributed by atoms with Crippen molar-refractivity contribution in [2.45, 2.75) is 39.2 Å². The molecule has 4 rings (SSSR count). The maximum Gasteiger partial charge on any atom is 0.149 e. The fraction of sp³-hybridized carbons (Fsp3) is 0.458. The molecule has 1 N–H and O–H groups in total. The summed E-state index contributed by atoms with van der Waals surface area (Å²) in [6.45, 7) is 5.97. The van der Waals surface area contributed by atoms with E-state index >= 15 is 0 Å². The van der Waals surface area contributed by atoms with Gasteiger partial charge in [-0.25, -0.2) is 8.42 Å². The van der Waals surface area contributed by atoms with Gasteiger partial charge in [-0.1, -0.05) is 13.8 Å². The molecule has 0 unspecified atom stereocenters. The number of rotatable bonds is 8. The number of hydrogen-bond donors (Lipinski definition) is 1. The predicted octanol–water partition coefficient (Wildman–Crippen LogP) is 4.67. The van der Waals surface area contributed by atoms with Gasteiger partial charge in [-0.05, 0) is 61.6 Å². The van der Waals surface area contributed by atoms with Crippen LogP contribution in [0.4, 0.5) is 5.69 Å². The lowest BCUT2D eigenvalue weighted by Crippen LogP contribution is -2.34. The number of H-pyrrole nitrogens is 1. The third-order valence-corrected chi connectivity index (χ3v) is 6.77. The second-order valence-electron chi connectivity index (χ2n) is 8.94. The Balaban J connectivity index is 1.56. The van der Waals surface area contributed by atoms with Gasteiger partial charge in [0.2, 0.25) is 0 Å². The number of aromatic amines is 1. The van der Waals surface area contributed by atoms with Gasteiger partial charge in [0.25, 0.3) is 0 Å². The highest BCUT2D eigenvalue weighted by Gasteiger charge is 2.28. The van der Waals surface area contributed by atoms with Crippen LogP contribution in [0.1, 0.15) is 33.1 Å². The number of ether oxygens (including phenoxy) is 1. The molecular weight excluding hydrogens is 410 g/mol. The fourth-order valence-electron chi connectivity index (χ4n) is 4.19. The Hall–Kier alpha value is -2.54. The van der Waals surface area contributed by atoms with Crippen LogP contribution in [0.3, 0.4) is 0 Å². The van der Waals surface area contributed by atoms with E-state index in [1.807, 2.05) is 24.3 Å². The Morgan fingerprint density at radius 3 is 2.84 bits per heavy atom. The Labute approximate surface area is 184 Å². The number of hydrogen-bond acceptors (Lipinski definition) is 5. The highest BCUT2D eigenvalue weighted by Crippen LogP contribution is 2.31. The summed E-state index contributed by atoms with van der Waals surface area (Å²) >= 11 is 0. The Morgan fingerprint density at radius 2 is 2.06 bits per heavy atom. The molecule has 0 radical (unpaired) electrons. The highest BCUT2D eigenvalue weighted by atomic mass is 32.2. The van der Waals surface area contributed by atoms with Gasteiger partial charge < -0.3 is 14.6 Å². The van der Waals surface area contributed by atoms with E-state index in [0.29, 0.717) is 12.5 Å². The minimum Gasteiger partial charge on any atom is -0.494 e. The maximum absolute atomic E-state index is 11.8. The molecule has 1 aliphatic heterocycles. The van der Waals surface area contributed by atoms with Crippen molar-refractivity contribution >= 4 is 26.4 Å². The summed E-state index contributed by atoms with van der Waals surface area (Å²) in [6, 6.07) is 12.2. The van der Waals surface area contributed by atoms with Crippen LogP contribution in [-0.4, -0.2) is 49.6 Å². The minimum absolute atomic E-state index is 0.0264. The molecule has 0 saturated carbocycles. The average Bonchev–Trinajstić information content (AvgIpc) is 3.33. The van der Waals surface area contributed by atoms with Crippen LogP contribution in [0.15, 0.2) is 42.6 Å². The maximum atomic E-state index is 11.8. The molecule has 0 amide bonds. The summed E-state index contributed by atoms with van der Waals surface area (Å²) in [4.78, 5) is 10.2. The van der Waals surface area contributed by atoms with Crippen LogP contribution in [0.25, 0.3) is 22.3 Å². The van der Waals surface area contributed by atoms with E-state index in [-0.39, 0.29) is 11.8 Å². The molecular formula is C24H31N3O3S. The molecule has 3 heterocycles. The van der Waals surface area contributed by atoms with E-state index < -0.39 is 9.84 Å². The van der Waals surface area contributed by atoms with Crippen molar-refractivity contribution in [3.63, 3.8) is 0 Å². The number of benzene rings is 1. The van der Waals surface area contributed by atoms with Gasteiger partial charge in [0, 0.05) is 41.6 Å². The topological polar surface area (TPSA) is 75.3 Å². The van der Waals surface area contributed by atoms with E-state index in [2.05, 4.69) is 40.8 Å². The van der Waals surface area contributed by atoms with Gasteiger partial charge >= 0.3 is 0 Å². The summed E-state index contributed by atoms with van der Waals surface area (Å²) in [6.07, 6.45) is 6.05. The average molecular weight is 442 g/mol. The van der Waals surface area contributed by atoms with Crippen LogP contribution in [0.5, 0.6) is 5.75 Å². The van der Waals surface area contributed by atoms with Crippen LogP contribution in [0, 0.1) is 5.92 Å². The van der Waals surface area contributed by atoms with E-state index in [9.17, 15) is 8.42 Å². The van der Waals surface area contributed by atoms with Gasteiger partial charge in [-0.3, -0.25) is 4.98 Å². The number of nitrogens with one attached hydrogen (secondary N) is 1. The number of aromatic nitrogens is 2. The third kappa shape index (κ3) is 5.39. The largest absolute Gasteiger partial charge is 0.494 e. The SMILES string of the molecule is CC(C)CCOc1ccc2[nH]c(-c3cc(N4CCC[C@@H]4CS(C)(=O)=O)ccn3)cc2c1. The smallest absolute Gasteiger partial charge is 0.149 e. The van der Waals surface area contributed by atoms with Crippen molar-refractivity contribution in [3.05, 3.63) is 42.6 Å². The summed E-state index contributed by atoms with van der Waals surface area (Å²) in [5.74, 6) is 1.69. The van der Waals surface area contributed by atoms with Gasteiger partial charge in [0.1, 0.15) is 15.6 Å². The zero-order chi connectivity index (χ0) is 22.0. The van der Waals surface area contributed by atoms with Crippen LogP contribution < -0.4 is 9.64 Å². The minimum atomic E-state index is -3.02. The molecule has 31 heavy (non-hydrogen) atoms. The number of nitrogens with zero attached hydrogens (tertiary/aromatic N) is 2. The first kappa shape index (κ1) is 21.7. The summed E-state index contributed by atoms with van der Waals surface area (Å²) in [5.41, 5.74) is 3.85. The quantitative estimate of drug-likeness (QED) is 0.550. The second kappa shape index (κ2) is 8.91. The van der Waals surface area contributed by atoms with Gasteiger partial charge in [-0.2, -0.15) is 0 Å². The molecule has 1 aromatic carbocycles. The first-order valence-electron chi connectivity index (χ1n) is 10.9. The van der Waals surface area contributed by atoms with E-state index in [1.54, 1.807) is 6.20 Å². The predicted molar refractivity (Wildman–Crippen MR) is 127 cm³/mol. The standard InChI is InChI=1S/C24H31N3O3S/c1-17(2)9-12-30-21-6-7-22-18(13-21)14-24(26-22)23-15-19(8-10-25-23)27-11-4-5-20(27)16-31(3,28)29/h6-8,10,13-15,17,20,26H,4-5,9,11-12,16H2,1-3H3/t20-/m1/s1. The molecule has 3 aromatic rings. The van der Waals surface area contributed by atoms with Crippen LogP contribution in [0.2, 0.25) is 0 Å². The lowest BCUT2D eigenvalue weighted by atomic mass is 10.1. The summed E-state index contributed by atoms with van der Waals surface area (Å²) in [5, 5.41) is 1.08. The van der Waals surface area contributed by atoms with Crippen molar-refractivity contribution in [2.75, 3.05) is 30.1 Å². The first-order chi connectivity index (χ1) is 14.8. The molecule has 1 aliphatic rings. The lowest BCUT2D eigenvalue weighted by molar-refractivity contribution is 0.290. The van der Waals surface area contributed by atoms with E-state index in [4.69, 9.17) is 4.74 Å². The van der Waals surface area contributed by atoms with Crippen molar-refractivity contribution in [1.82, 2.24) is 9.97 Å². The van der Waals surface area contributed by atoms with Crippen molar-refractivity contribution < 1.29 is 13.2 Å². The van der Waals surface area contributed by atoms with Gasteiger partial charge in [0.15, 0.2) is 0 Å². The molecule has 0 aliphatic carbocycles.